The third-order valence-corrected chi connectivity index (χ3v) is 4.55. The molecule has 0 fully saturated rings. The van der Waals surface area contributed by atoms with E-state index in [0.29, 0.717) is 35.7 Å². The van der Waals surface area contributed by atoms with Crippen LogP contribution < -0.4 is 15.7 Å². The number of carbonyl (C=O) groups is 1. The molecule has 1 atom stereocenters. The zero-order valence-electron chi connectivity index (χ0n) is 13.6. The van der Waals surface area contributed by atoms with Gasteiger partial charge in [-0.2, -0.15) is 5.10 Å². The SMILES string of the molecule is COc1ccc(C(=O)NC2CCc3nn(C)c(=O)n3CC2)cc1Cl. The Morgan fingerprint density at radius 2 is 2.21 bits per heavy atom. The van der Waals surface area contributed by atoms with Gasteiger partial charge in [-0.1, -0.05) is 11.6 Å². The molecule has 0 radical (unpaired) electrons. The number of nitrogens with one attached hydrogen (secondary N) is 1. The van der Waals surface area contributed by atoms with Crippen molar-refractivity contribution in [2.75, 3.05) is 7.11 Å². The first-order chi connectivity index (χ1) is 11.5. The molecule has 2 aromatic rings. The van der Waals surface area contributed by atoms with E-state index < -0.39 is 0 Å². The standard InChI is InChI=1S/C16H19ClN4O3/c1-20-16(23)21-8-7-11(4-6-14(21)19-20)18-15(22)10-3-5-13(24-2)12(17)9-10/h3,5,9,11H,4,6-8H2,1-2H3,(H,18,22). The van der Waals surface area contributed by atoms with Crippen LogP contribution in [0.5, 0.6) is 5.75 Å². The van der Waals surface area contributed by atoms with Crippen LogP contribution in [-0.4, -0.2) is 33.4 Å². The molecule has 2 heterocycles. The third-order valence-electron chi connectivity index (χ3n) is 4.25. The predicted octanol–water partition coefficient (Wildman–Crippen LogP) is 1.38. The predicted molar refractivity (Wildman–Crippen MR) is 89.7 cm³/mol. The summed E-state index contributed by atoms with van der Waals surface area (Å²) in [6, 6.07) is 4.93. The van der Waals surface area contributed by atoms with Crippen molar-refractivity contribution in [3.8, 4) is 5.75 Å². The van der Waals surface area contributed by atoms with Crippen LogP contribution in [0.4, 0.5) is 0 Å². The average Bonchev–Trinajstić information content (AvgIpc) is 2.72. The first-order valence-corrected chi connectivity index (χ1v) is 8.14. The maximum atomic E-state index is 12.4. The topological polar surface area (TPSA) is 78.2 Å². The number of carbonyl (C=O) groups excluding carboxylic acids is 1. The number of rotatable bonds is 3. The van der Waals surface area contributed by atoms with Crippen LogP contribution in [0.25, 0.3) is 0 Å². The molecule has 1 aromatic carbocycles. The summed E-state index contributed by atoms with van der Waals surface area (Å²) in [7, 11) is 3.18. The highest BCUT2D eigenvalue weighted by Gasteiger charge is 2.22. The van der Waals surface area contributed by atoms with E-state index in [0.717, 1.165) is 12.2 Å². The van der Waals surface area contributed by atoms with E-state index in [4.69, 9.17) is 16.3 Å². The van der Waals surface area contributed by atoms with Gasteiger partial charge in [0, 0.05) is 31.6 Å². The lowest BCUT2D eigenvalue weighted by molar-refractivity contribution is 0.0933. The molecule has 3 rings (SSSR count). The van der Waals surface area contributed by atoms with Crippen LogP contribution >= 0.6 is 11.6 Å². The lowest BCUT2D eigenvalue weighted by Crippen LogP contribution is -2.35. The van der Waals surface area contributed by atoms with Crippen molar-refractivity contribution in [2.45, 2.75) is 31.8 Å². The van der Waals surface area contributed by atoms with Crippen molar-refractivity contribution < 1.29 is 9.53 Å². The Bertz CT molecular complexity index is 827. The number of halogens is 1. The van der Waals surface area contributed by atoms with Gasteiger partial charge in [0.15, 0.2) is 0 Å². The molecule has 0 aliphatic carbocycles. The largest absolute Gasteiger partial charge is 0.495 e. The summed E-state index contributed by atoms with van der Waals surface area (Å²) in [5.41, 5.74) is 0.373. The number of benzene rings is 1. The highest BCUT2D eigenvalue weighted by atomic mass is 35.5. The number of amides is 1. The zero-order valence-corrected chi connectivity index (χ0v) is 14.3. The van der Waals surface area contributed by atoms with Gasteiger partial charge in [-0.3, -0.25) is 9.36 Å². The molecule has 1 aliphatic rings. The number of aryl methyl sites for hydroxylation is 2. The number of fused-ring (bicyclic) bond motifs is 1. The van der Waals surface area contributed by atoms with Crippen molar-refractivity contribution >= 4 is 17.5 Å². The average molecular weight is 351 g/mol. The fourth-order valence-corrected chi connectivity index (χ4v) is 3.18. The third kappa shape index (κ3) is 3.17. The summed E-state index contributed by atoms with van der Waals surface area (Å²) in [6.07, 6.45) is 2.09. The smallest absolute Gasteiger partial charge is 0.345 e. The van der Waals surface area contributed by atoms with Gasteiger partial charge in [-0.05, 0) is 31.0 Å². The van der Waals surface area contributed by atoms with Crippen molar-refractivity contribution in [1.29, 1.82) is 0 Å². The van der Waals surface area contributed by atoms with Crippen molar-refractivity contribution in [3.63, 3.8) is 0 Å². The summed E-state index contributed by atoms with van der Waals surface area (Å²) < 4.78 is 8.12. The molecule has 24 heavy (non-hydrogen) atoms. The lowest BCUT2D eigenvalue weighted by atomic mass is 10.1. The maximum Gasteiger partial charge on any atom is 0.345 e. The van der Waals surface area contributed by atoms with Crippen LogP contribution in [0.15, 0.2) is 23.0 Å². The highest BCUT2D eigenvalue weighted by molar-refractivity contribution is 6.32. The minimum absolute atomic E-state index is 0.00946. The second-order valence-corrected chi connectivity index (χ2v) is 6.23. The maximum absolute atomic E-state index is 12.4. The Morgan fingerprint density at radius 1 is 1.42 bits per heavy atom. The fraction of sp³-hybridized carbons (Fsp3) is 0.438. The van der Waals surface area contributed by atoms with E-state index in [-0.39, 0.29) is 17.6 Å². The van der Waals surface area contributed by atoms with Gasteiger partial charge in [0.25, 0.3) is 5.91 Å². The molecule has 0 bridgehead atoms. The second-order valence-electron chi connectivity index (χ2n) is 5.82. The zero-order chi connectivity index (χ0) is 17.3. The van der Waals surface area contributed by atoms with Crippen molar-refractivity contribution in [3.05, 3.63) is 45.1 Å². The quantitative estimate of drug-likeness (QED) is 0.907. The molecule has 1 aliphatic heterocycles. The first kappa shape index (κ1) is 16.6. The van der Waals surface area contributed by atoms with Crippen LogP contribution in [0.3, 0.4) is 0 Å². The molecule has 1 amide bonds. The van der Waals surface area contributed by atoms with Gasteiger partial charge < -0.3 is 10.1 Å². The van der Waals surface area contributed by atoms with Crippen LogP contribution in [0, 0.1) is 0 Å². The summed E-state index contributed by atoms with van der Waals surface area (Å²) in [5.74, 6) is 1.12. The van der Waals surface area contributed by atoms with E-state index in [9.17, 15) is 9.59 Å². The van der Waals surface area contributed by atoms with Gasteiger partial charge >= 0.3 is 5.69 Å². The van der Waals surface area contributed by atoms with E-state index in [1.807, 2.05) is 0 Å². The van der Waals surface area contributed by atoms with Gasteiger partial charge in [0.1, 0.15) is 11.6 Å². The molecule has 128 valence electrons. The van der Waals surface area contributed by atoms with Crippen LogP contribution in [-0.2, 0) is 20.0 Å². The number of ether oxygens (including phenoxy) is 1. The van der Waals surface area contributed by atoms with Gasteiger partial charge in [0.05, 0.1) is 12.1 Å². The van der Waals surface area contributed by atoms with E-state index >= 15 is 0 Å². The first-order valence-electron chi connectivity index (χ1n) is 7.76. The second kappa shape index (κ2) is 6.68. The van der Waals surface area contributed by atoms with Gasteiger partial charge in [0.2, 0.25) is 0 Å². The molecule has 8 heteroatoms. The molecule has 1 N–H and O–H groups in total. The molecule has 0 saturated heterocycles. The molecular formula is C16H19ClN4O3. The molecule has 0 saturated carbocycles. The Balaban J connectivity index is 1.68. The van der Waals surface area contributed by atoms with Gasteiger partial charge in [-0.15, -0.1) is 0 Å². The normalized spacial score (nSPS) is 17.0. The number of hydrogen-bond acceptors (Lipinski definition) is 4. The Labute approximate surface area is 144 Å². The van der Waals surface area contributed by atoms with Gasteiger partial charge in [-0.25, -0.2) is 9.48 Å². The minimum atomic E-state index is -0.183. The Kier molecular flexibility index (Phi) is 4.62. The number of methoxy groups -OCH3 is 1. The number of hydrogen-bond donors (Lipinski definition) is 1. The number of aromatic nitrogens is 3. The fourth-order valence-electron chi connectivity index (χ4n) is 2.92. The monoisotopic (exact) mass is 350 g/mol. The summed E-state index contributed by atoms with van der Waals surface area (Å²) in [6.45, 7) is 0.552. The molecule has 1 aromatic heterocycles. The summed E-state index contributed by atoms with van der Waals surface area (Å²) in [5, 5.41) is 7.64. The summed E-state index contributed by atoms with van der Waals surface area (Å²) >= 11 is 6.07. The molecular weight excluding hydrogens is 332 g/mol. The lowest BCUT2D eigenvalue weighted by Gasteiger charge is -2.16. The molecule has 1 unspecified atom stereocenters. The van der Waals surface area contributed by atoms with E-state index in [1.165, 1.54) is 11.8 Å². The van der Waals surface area contributed by atoms with E-state index in [2.05, 4.69) is 10.4 Å². The van der Waals surface area contributed by atoms with Crippen molar-refractivity contribution in [1.82, 2.24) is 19.7 Å². The Morgan fingerprint density at radius 3 is 2.92 bits per heavy atom. The minimum Gasteiger partial charge on any atom is -0.495 e. The molecule has 0 spiro atoms. The van der Waals surface area contributed by atoms with Crippen molar-refractivity contribution in [2.24, 2.45) is 7.05 Å². The number of nitrogens with zero attached hydrogens (tertiary/aromatic N) is 3. The summed E-state index contributed by atoms with van der Waals surface area (Å²) in [4.78, 5) is 24.4. The highest BCUT2D eigenvalue weighted by Crippen LogP contribution is 2.25. The molecule has 7 nitrogen and oxygen atoms in total. The van der Waals surface area contributed by atoms with E-state index in [1.54, 1.807) is 29.8 Å². The Hall–Kier alpha value is -2.28. The van der Waals surface area contributed by atoms with Crippen LogP contribution in [0.2, 0.25) is 5.02 Å². The van der Waals surface area contributed by atoms with Crippen LogP contribution in [0.1, 0.15) is 29.0 Å².